The van der Waals surface area contributed by atoms with Gasteiger partial charge in [0.15, 0.2) is 0 Å². The largest absolute Gasteiger partial charge is 0.477 e. The Morgan fingerprint density at radius 2 is 2.33 bits per heavy atom. The van der Waals surface area contributed by atoms with Gasteiger partial charge >= 0.3 is 5.97 Å². The molecule has 1 aromatic rings. The number of hydrogen-bond acceptors (Lipinski definition) is 4. The average molecular weight is 170 g/mol. The van der Waals surface area contributed by atoms with Gasteiger partial charge in [0.1, 0.15) is 17.0 Å². The van der Waals surface area contributed by atoms with Gasteiger partial charge in [0.25, 0.3) is 0 Å². The van der Waals surface area contributed by atoms with Gasteiger partial charge in [-0.3, -0.25) is 0 Å². The van der Waals surface area contributed by atoms with Crippen molar-refractivity contribution in [1.29, 1.82) is 0 Å². The summed E-state index contributed by atoms with van der Waals surface area (Å²) in [7, 11) is 0. The van der Waals surface area contributed by atoms with Crippen LogP contribution in [0.1, 0.15) is 34.8 Å². The first-order chi connectivity index (χ1) is 5.54. The van der Waals surface area contributed by atoms with E-state index in [0.29, 0.717) is 5.69 Å². The molecule has 0 aliphatic rings. The van der Waals surface area contributed by atoms with Crippen LogP contribution < -0.4 is 5.73 Å². The minimum Gasteiger partial charge on any atom is -0.477 e. The lowest BCUT2D eigenvalue weighted by atomic mass is 10.1. The van der Waals surface area contributed by atoms with Crippen molar-refractivity contribution in [2.75, 3.05) is 0 Å². The first-order valence-corrected chi connectivity index (χ1v) is 3.49. The summed E-state index contributed by atoms with van der Waals surface area (Å²) in [6.07, 6.45) is 0. The van der Waals surface area contributed by atoms with E-state index in [1.54, 1.807) is 13.8 Å². The fourth-order valence-electron chi connectivity index (χ4n) is 0.960. The van der Waals surface area contributed by atoms with Crippen LogP contribution in [0, 0.1) is 6.92 Å². The number of rotatable bonds is 2. The van der Waals surface area contributed by atoms with E-state index in [2.05, 4.69) is 5.16 Å². The highest BCUT2D eigenvalue weighted by atomic mass is 16.5. The second-order valence-corrected chi connectivity index (χ2v) is 2.59. The standard InChI is InChI=1S/C7H10N2O3/c1-3(8)6-5(7(10)11)4(2)12-9-6/h3H,8H2,1-2H3,(H,10,11)/t3-/m0/s1. The van der Waals surface area contributed by atoms with Crippen LogP contribution in [0.25, 0.3) is 0 Å². The summed E-state index contributed by atoms with van der Waals surface area (Å²) in [5.74, 6) is -0.768. The van der Waals surface area contributed by atoms with Crippen LogP contribution in [-0.2, 0) is 0 Å². The van der Waals surface area contributed by atoms with Gasteiger partial charge in [-0.25, -0.2) is 4.79 Å². The lowest BCUT2D eigenvalue weighted by Gasteiger charge is -1.99. The van der Waals surface area contributed by atoms with Crippen molar-refractivity contribution in [3.05, 3.63) is 17.0 Å². The van der Waals surface area contributed by atoms with Gasteiger partial charge < -0.3 is 15.4 Å². The summed E-state index contributed by atoms with van der Waals surface area (Å²) in [5.41, 5.74) is 5.85. The zero-order chi connectivity index (χ0) is 9.30. The SMILES string of the molecule is Cc1onc([C@H](C)N)c1C(=O)O. The molecule has 0 bridgehead atoms. The Bertz CT molecular complexity index is 304. The van der Waals surface area contributed by atoms with Crippen molar-refractivity contribution in [3.8, 4) is 0 Å². The lowest BCUT2D eigenvalue weighted by molar-refractivity contribution is 0.0693. The van der Waals surface area contributed by atoms with E-state index in [0.717, 1.165) is 0 Å². The van der Waals surface area contributed by atoms with Crippen LogP contribution in [0.5, 0.6) is 0 Å². The molecular formula is C7H10N2O3. The van der Waals surface area contributed by atoms with E-state index in [4.69, 9.17) is 15.4 Å². The quantitative estimate of drug-likeness (QED) is 0.681. The topological polar surface area (TPSA) is 89.4 Å². The second kappa shape index (κ2) is 2.94. The van der Waals surface area contributed by atoms with E-state index in [1.165, 1.54) is 0 Å². The second-order valence-electron chi connectivity index (χ2n) is 2.59. The van der Waals surface area contributed by atoms with Crippen LogP contribution in [0.3, 0.4) is 0 Å². The Kier molecular flexibility index (Phi) is 2.14. The van der Waals surface area contributed by atoms with Crippen LogP contribution in [0.15, 0.2) is 4.52 Å². The Balaban J connectivity index is 3.21. The molecule has 5 nitrogen and oxygen atoms in total. The summed E-state index contributed by atoms with van der Waals surface area (Å²) in [6, 6.07) is -0.423. The van der Waals surface area contributed by atoms with Crippen LogP contribution >= 0.6 is 0 Å². The number of nitrogens with zero attached hydrogens (tertiary/aromatic N) is 1. The fraction of sp³-hybridized carbons (Fsp3) is 0.429. The van der Waals surface area contributed by atoms with E-state index >= 15 is 0 Å². The first kappa shape index (κ1) is 8.73. The van der Waals surface area contributed by atoms with Crippen molar-refractivity contribution in [2.45, 2.75) is 19.9 Å². The number of nitrogens with two attached hydrogens (primary N) is 1. The van der Waals surface area contributed by atoms with Gasteiger partial charge in [-0.2, -0.15) is 0 Å². The van der Waals surface area contributed by atoms with Gasteiger partial charge in [-0.1, -0.05) is 5.16 Å². The van der Waals surface area contributed by atoms with Crippen molar-refractivity contribution in [1.82, 2.24) is 5.16 Å². The van der Waals surface area contributed by atoms with E-state index in [9.17, 15) is 4.79 Å². The molecule has 1 atom stereocenters. The zero-order valence-electron chi connectivity index (χ0n) is 6.87. The monoisotopic (exact) mass is 170 g/mol. The molecule has 0 aliphatic heterocycles. The molecule has 0 radical (unpaired) electrons. The summed E-state index contributed by atoms with van der Waals surface area (Å²) in [6.45, 7) is 3.20. The third-order valence-corrected chi connectivity index (χ3v) is 1.53. The molecule has 0 aliphatic carbocycles. The molecule has 5 heteroatoms. The molecule has 66 valence electrons. The number of carbonyl (C=O) groups is 1. The lowest BCUT2D eigenvalue weighted by Crippen LogP contribution is -2.11. The maximum Gasteiger partial charge on any atom is 0.341 e. The van der Waals surface area contributed by atoms with Gasteiger partial charge in [-0.05, 0) is 13.8 Å². The number of hydrogen-bond donors (Lipinski definition) is 2. The third-order valence-electron chi connectivity index (χ3n) is 1.53. The molecule has 0 fully saturated rings. The van der Waals surface area contributed by atoms with Gasteiger partial charge in [0, 0.05) is 6.04 Å². The maximum absolute atomic E-state index is 10.7. The van der Waals surface area contributed by atoms with Crippen LogP contribution in [0.4, 0.5) is 0 Å². The smallest absolute Gasteiger partial charge is 0.341 e. The molecule has 3 N–H and O–H groups in total. The third kappa shape index (κ3) is 1.31. The summed E-state index contributed by atoms with van der Waals surface area (Å²) >= 11 is 0. The Labute approximate surface area is 69.2 Å². The predicted octanol–water partition coefficient (Wildman–Crippen LogP) is 0.701. The number of aromatic nitrogens is 1. The predicted molar refractivity (Wildman–Crippen MR) is 40.8 cm³/mol. The van der Waals surface area contributed by atoms with Gasteiger partial charge in [-0.15, -0.1) is 0 Å². The van der Waals surface area contributed by atoms with Crippen LogP contribution in [-0.4, -0.2) is 16.2 Å². The number of carboxylic acid groups (broad SMARTS) is 1. The van der Waals surface area contributed by atoms with Crippen molar-refractivity contribution >= 4 is 5.97 Å². The molecular weight excluding hydrogens is 160 g/mol. The molecule has 1 aromatic heterocycles. The molecule has 0 saturated carbocycles. The highest BCUT2D eigenvalue weighted by molar-refractivity contribution is 5.90. The van der Waals surface area contributed by atoms with E-state index in [-0.39, 0.29) is 11.3 Å². The van der Waals surface area contributed by atoms with E-state index in [1.807, 2.05) is 0 Å². The number of aromatic carboxylic acids is 1. The number of aryl methyl sites for hydroxylation is 1. The maximum atomic E-state index is 10.7. The van der Waals surface area contributed by atoms with Crippen molar-refractivity contribution < 1.29 is 14.4 Å². The Hall–Kier alpha value is -1.36. The minimum absolute atomic E-state index is 0.0741. The number of carboxylic acids is 1. The zero-order valence-corrected chi connectivity index (χ0v) is 6.87. The summed E-state index contributed by atoms with van der Waals surface area (Å²) in [5, 5.41) is 12.3. The molecule has 12 heavy (non-hydrogen) atoms. The highest BCUT2D eigenvalue weighted by Gasteiger charge is 2.21. The average Bonchev–Trinajstić information content (AvgIpc) is 2.30. The van der Waals surface area contributed by atoms with E-state index < -0.39 is 12.0 Å². The minimum atomic E-state index is -1.05. The van der Waals surface area contributed by atoms with Crippen molar-refractivity contribution in [3.63, 3.8) is 0 Å². The molecule has 0 saturated heterocycles. The van der Waals surface area contributed by atoms with Gasteiger partial charge in [0.05, 0.1) is 0 Å². The Morgan fingerprint density at radius 1 is 1.75 bits per heavy atom. The molecule has 0 aromatic carbocycles. The normalized spacial score (nSPS) is 12.9. The molecule has 1 rings (SSSR count). The highest BCUT2D eigenvalue weighted by Crippen LogP contribution is 2.17. The Morgan fingerprint density at radius 3 is 2.67 bits per heavy atom. The summed E-state index contributed by atoms with van der Waals surface area (Å²) in [4.78, 5) is 10.7. The van der Waals surface area contributed by atoms with Crippen LogP contribution in [0.2, 0.25) is 0 Å². The summed E-state index contributed by atoms with van der Waals surface area (Å²) < 4.78 is 4.71. The molecule has 0 spiro atoms. The van der Waals surface area contributed by atoms with Gasteiger partial charge in [0.2, 0.25) is 0 Å². The first-order valence-electron chi connectivity index (χ1n) is 3.49. The fourth-order valence-corrected chi connectivity index (χ4v) is 0.960. The molecule has 0 amide bonds. The molecule has 0 unspecified atom stereocenters. The van der Waals surface area contributed by atoms with Crippen molar-refractivity contribution in [2.24, 2.45) is 5.73 Å². The molecule has 1 heterocycles.